The van der Waals surface area contributed by atoms with Crippen LogP contribution in [0.5, 0.6) is 0 Å². The number of halogens is 3. The highest BCUT2D eigenvalue weighted by Crippen LogP contribution is 2.18. The van der Waals surface area contributed by atoms with E-state index < -0.39 is 17.2 Å². The molecular weight excluding hydrogens is 427 g/mol. The van der Waals surface area contributed by atoms with Crippen molar-refractivity contribution in [2.45, 2.75) is 30.8 Å². The largest absolute Gasteiger partial charge is 0.386 e. The van der Waals surface area contributed by atoms with Crippen molar-refractivity contribution in [1.29, 1.82) is 0 Å². The molecule has 0 bridgehead atoms. The lowest BCUT2D eigenvalue weighted by Crippen LogP contribution is -2.11. The molecule has 2 aromatic carbocycles. The van der Waals surface area contributed by atoms with Gasteiger partial charge in [0.1, 0.15) is 16.8 Å². The summed E-state index contributed by atoms with van der Waals surface area (Å²) in [6, 6.07) is 19.2. The van der Waals surface area contributed by atoms with E-state index in [0.717, 1.165) is 18.1 Å². The second kappa shape index (κ2) is 11.4. The maximum atomic E-state index is 11.2. The van der Waals surface area contributed by atoms with E-state index in [1.807, 2.05) is 24.3 Å². The molecule has 0 radical (unpaired) electrons. The number of nitrogens with two attached hydrogens (primary N) is 1. The number of rotatable bonds is 7. The van der Waals surface area contributed by atoms with Crippen molar-refractivity contribution < 1.29 is 17.4 Å². The van der Waals surface area contributed by atoms with Crippen molar-refractivity contribution in [2.75, 3.05) is 17.2 Å². The van der Waals surface area contributed by atoms with Crippen LogP contribution in [0.4, 0.5) is 30.6 Å². The number of hydrogen-bond donors (Lipinski definition) is 3. The molecule has 0 spiro atoms. The smallest absolute Gasteiger partial charge is 0.369 e. The third-order valence-electron chi connectivity index (χ3n) is 3.96. The van der Waals surface area contributed by atoms with E-state index >= 15 is 0 Å². The molecule has 0 saturated heterocycles. The van der Waals surface area contributed by atoms with Crippen molar-refractivity contribution in [3.63, 3.8) is 0 Å². The monoisotopic (exact) mass is 451 g/mol. The zero-order valence-electron chi connectivity index (χ0n) is 17.1. The van der Waals surface area contributed by atoms with Gasteiger partial charge in [-0.2, -0.15) is 18.2 Å². The number of anilines is 3. The molecule has 166 valence electrons. The number of hydrogen-bond acceptors (Lipinski definition) is 5. The lowest BCUT2D eigenvalue weighted by atomic mass is 10.0. The van der Waals surface area contributed by atoms with E-state index in [-0.39, 0.29) is 6.92 Å². The molecule has 0 fully saturated rings. The summed E-state index contributed by atoms with van der Waals surface area (Å²) in [5, 5.41) is 11.8. The first-order chi connectivity index (χ1) is 14.6. The van der Waals surface area contributed by atoms with Crippen LogP contribution in [0, 0.1) is 0 Å². The SMILES string of the molecule is CC(F)(F)F.C[C@@H](CNc1ccnc(Nc2ccc(S(N)=O)cc2)n1)c1ccccc1. The summed E-state index contributed by atoms with van der Waals surface area (Å²) in [5.41, 5.74) is 2.08. The predicted molar refractivity (Wildman–Crippen MR) is 117 cm³/mol. The van der Waals surface area contributed by atoms with Crippen molar-refractivity contribution in [1.82, 2.24) is 9.97 Å². The van der Waals surface area contributed by atoms with E-state index in [2.05, 4.69) is 39.7 Å². The van der Waals surface area contributed by atoms with Gasteiger partial charge >= 0.3 is 6.18 Å². The Balaban J connectivity index is 0.000000614. The van der Waals surface area contributed by atoms with Gasteiger partial charge in [0, 0.05) is 25.4 Å². The molecule has 10 heteroatoms. The standard InChI is InChI=1S/C19H21N5OS.C2H3F3/c1-14(15-5-3-2-4-6-15)13-22-18-11-12-21-19(24-18)23-16-7-9-17(10-8-16)26(20)25;1-2(3,4)5/h2-12,14H,13,20H2,1H3,(H2,21,22,23,24);1H3/t14-,26?;/m0./s1. The van der Waals surface area contributed by atoms with Gasteiger partial charge in [0.25, 0.3) is 0 Å². The third kappa shape index (κ3) is 9.58. The van der Waals surface area contributed by atoms with Gasteiger partial charge in [-0.3, -0.25) is 0 Å². The Morgan fingerprint density at radius 1 is 1.06 bits per heavy atom. The first-order valence-corrected chi connectivity index (χ1v) is 10.5. The first-order valence-electron chi connectivity index (χ1n) is 9.33. The molecule has 0 aliphatic carbocycles. The molecule has 0 aliphatic rings. The zero-order chi connectivity index (χ0) is 22.9. The van der Waals surface area contributed by atoms with Crippen LogP contribution in [-0.4, -0.2) is 26.9 Å². The minimum Gasteiger partial charge on any atom is -0.369 e. The lowest BCUT2D eigenvalue weighted by molar-refractivity contribution is -0.110. The summed E-state index contributed by atoms with van der Waals surface area (Å²) >= 11 is 0. The highest BCUT2D eigenvalue weighted by molar-refractivity contribution is 7.82. The second-order valence-electron chi connectivity index (χ2n) is 6.69. The van der Waals surface area contributed by atoms with Crippen LogP contribution in [0.15, 0.2) is 71.8 Å². The van der Waals surface area contributed by atoms with Gasteiger partial charge in [-0.15, -0.1) is 0 Å². The predicted octanol–water partition coefficient (Wildman–Crippen LogP) is 4.99. The van der Waals surface area contributed by atoms with E-state index in [4.69, 9.17) is 5.14 Å². The molecule has 2 atom stereocenters. The number of nitrogens with one attached hydrogen (secondary N) is 2. The van der Waals surface area contributed by atoms with Gasteiger partial charge in [0.15, 0.2) is 0 Å². The molecule has 1 aromatic heterocycles. The molecule has 0 amide bonds. The Kier molecular flexibility index (Phi) is 8.95. The van der Waals surface area contributed by atoms with E-state index in [0.29, 0.717) is 16.8 Å². The van der Waals surface area contributed by atoms with Crippen molar-refractivity contribution >= 4 is 28.4 Å². The summed E-state index contributed by atoms with van der Waals surface area (Å²) < 4.78 is 42.3. The average Bonchev–Trinajstić information content (AvgIpc) is 2.72. The van der Waals surface area contributed by atoms with Crippen LogP contribution in [-0.2, 0) is 11.0 Å². The van der Waals surface area contributed by atoms with Crippen LogP contribution < -0.4 is 15.8 Å². The number of benzene rings is 2. The second-order valence-corrected chi connectivity index (χ2v) is 7.75. The maximum absolute atomic E-state index is 11.2. The van der Waals surface area contributed by atoms with Crippen LogP contribution in [0.3, 0.4) is 0 Å². The normalized spacial score (nSPS) is 12.8. The Hall–Kier alpha value is -2.98. The fraction of sp³-hybridized carbons (Fsp3) is 0.238. The quantitative estimate of drug-likeness (QED) is 0.471. The minimum absolute atomic E-state index is 0.188. The Morgan fingerprint density at radius 3 is 2.26 bits per heavy atom. The van der Waals surface area contributed by atoms with E-state index in [9.17, 15) is 17.4 Å². The van der Waals surface area contributed by atoms with Gasteiger partial charge in [-0.25, -0.2) is 14.3 Å². The molecular formula is C21H24F3N5OS. The highest BCUT2D eigenvalue weighted by Gasteiger charge is 2.15. The molecule has 1 unspecified atom stereocenters. The van der Waals surface area contributed by atoms with E-state index in [1.165, 1.54) is 5.56 Å². The van der Waals surface area contributed by atoms with Crippen LogP contribution in [0.1, 0.15) is 25.3 Å². The molecule has 6 nitrogen and oxygen atoms in total. The van der Waals surface area contributed by atoms with Crippen molar-refractivity contribution in [3.05, 3.63) is 72.4 Å². The summed E-state index contributed by atoms with van der Waals surface area (Å²) in [6.07, 6.45) is -2.30. The van der Waals surface area contributed by atoms with Gasteiger partial charge in [0.05, 0.1) is 4.90 Å². The van der Waals surface area contributed by atoms with Gasteiger partial charge in [0.2, 0.25) is 5.95 Å². The number of aromatic nitrogens is 2. The molecule has 31 heavy (non-hydrogen) atoms. The third-order valence-corrected chi connectivity index (χ3v) is 4.69. The first kappa shape index (κ1) is 24.3. The number of nitrogens with zero attached hydrogens (tertiary/aromatic N) is 2. The Labute approximate surface area is 181 Å². The zero-order valence-corrected chi connectivity index (χ0v) is 17.9. The molecule has 1 heterocycles. The minimum atomic E-state index is -4.00. The highest BCUT2D eigenvalue weighted by atomic mass is 32.2. The van der Waals surface area contributed by atoms with Crippen LogP contribution in [0.2, 0.25) is 0 Å². The molecule has 3 aromatic rings. The Morgan fingerprint density at radius 2 is 1.68 bits per heavy atom. The van der Waals surface area contributed by atoms with Gasteiger partial charge < -0.3 is 10.6 Å². The van der Waals surface area contributed by atoms with Crippen LogP contribution in [0.25, 0.3) is 0 Å². The van der Waals surface area contributed by atoms with Crippen LogP contribution >= 0.6 is 0 Å². The summed E-state index contributed by atoms with van der Waals surface area (Å²) in [7, 11) is -1.48. The fourth-order valence-corrected chi connectivity index (χ4v) is 2.88. The average molecular weight is 452 g/mol. The molecule has 0 aliphatic heterocycles. The van der Waals surface area contributed by atoms with Gasteiger partial charge in [-0.05, 0) is 41.8 Å². The number of alkyl halides is 3. The molecule has 0 saturated carbocycles. The Bertz CT molecular complexity index is 963. The summed E-state index contributed by atoms with van der Waals surface area (Å²) in [5.74, 6) is 1.61. The lowest BCUT2D eigenvalue weighted by Gasteiger charge is -2.14. The van der Waals surface area contributed by atoms with E-state index in [1.54, 1.807) is 30.5 Å². The summed E-state index contributed by atoms with van der Waals surface area (Å²) in [4.78, 5) is 9.27. The van der Waals surface area contributed by atoms with Gasteiger partial charge in [-0.1, -0.05) is 37.3 Å². The molecule has 4 N–H and O–H groups in total. The maximum Gasteiger partial charge on any atom is 0.386 e. The van der Waals surface area contributed by atoms with Crippen molar-refractivity contribution in [2.24, 2.45) is 5.14 Å². The fourth-order valence-electron chi connectivity index (χ4n) is 2.48. The van der Waals surface area contributed by atoms with Crippen molar-refractivity contribution in [3.8, 4) is 0 Å². The topological polar surface area (TPSA) is 92.9 Å². The summed E-state index contributed by atoms with van der Waals surface area (Å²) in [6.45, 7) is 3.14. The molecule has 3 rings (SSSR count).